The largest absolute Gasteiger partial charge is 0.490 e. The lowest BCUT2D eigenvalue weighted by molar-refractivity contribution is -0.140. The summed E-state index contributed by atoms with van der Waals surface area (Å²) in [5, 5.41) is 9.33. The number of carbonyl (C=O) groups excluding carboxylic acids is 2. The minimum Gasteiger partial charge on any atom is -0.490 e. The van der Waals surface area contributed by atoms with Gasteiger partial charge in [0.1, 0.15) is 19.0 Å². The van der Waals surface area contributed by atoms with Crippen molar-refractivity contribution in [2.45, 2.75) is 65.7 Å². The number of benzene rings is 2. The molecule has 1 N–H and O–H groups in total. The number of esters is 2. The Balaban J connectivity index is 2.31. The standard InChI is InChI=1S/C32H42O6/c1-6-7-8-10-25-12-15-29(28(21-25)16-18-37-31(34)23(2)3)27-14-13-26(11-9-17-33)30(22-27)36-19-20-38-32(35)24(4)5/h12-15,21-22,33H,2,4,6-11,16-20H2,1,3,5H3. The minimum absolute atomic E-state index is 0.0873. The van der Waals surface area contributed by atoms with Gasteiger partial charge < -0.3 is 19.3 Å². The number of carbonyl (C=O) groups is 2. The fraction of sp³-hybridized carbons (Fsp3) is 0.438. The Kier molecular flexibility index (Phi) is 13.4. The second-order valence-corrected chi connectivity index (χ2v) is 9.53. The maximum atomic E-state index is 11.9. The average molecular weight is 523 g/mol. The number of unbranched alkanes of at least 4 members (excludes halogenated alkanes) is 2. The van der Waals surface area contributed by atoms with Gasteiger partial charge in [-0.3, -0.25) is 0 Å². The van der Waals surface area contributed by atoms with Crippen molar-refractivity contribution in [3.63, 3.8) is 0 Å². The lowest BCUT2D eigenvalue weighted by atomic mass is 9.93. The Bertz CT molecular complexity index is 1100. The monoisotopic (exact) mass is 522 g/mol. The third-order valence-electron chi connectivity index (χ3n) is 6.10. The van der Waals surface area contributed by atoms with Crippen LogP contribution < -0.4 is 4.74 Å². The summed E-state index contributed by atoms with van der Waals surface area (Å²) in [5.74, 6) is -0.144. The van der Waals surface area contributed by atoms with Gasteiger partial charge >= 0.3 is 11.9 Å². The maximum Gasteiger partial charge on any atom is 0.333 e. The van der Waals surface area contributed by atoms with Gasteiger partial charge in [-0.2, -0.15) is 0 Å². The van der Waals surface area contributed by atoms with E-state index in [-0.39, 0.29) is 32.4 Å². The summed E-state index contributed by atoms with van der Waals surface area (Å²) in [6.07, 6.45) is 6.35. The molecule has 0 heterocycles. The SMILES string of the molecule is C=C(C)C(=O)OCCOc1cc(-c2ccc(CCCCC)cc2CCOC(=O)C(=C)C)ccc1CCCO. The van der Waals surface area contributed by atoms with E-state index in [2.05, 4.69) is 44.3 Å². The summed E-state index contributed by atoms with van der Waals surface area (Å²) in [7, 11) is 0. The molecule has 6 nitrogen and oxygen atoms in total. The Morgan fingerprint density at radius 3 is 2.16 bits per heavy atom. The topological polar surface area (TPSA) is 82.1 Å². The second-order valence-electron chi connectivity index (χ2n) is 9.53. The van der Waals surface area contributed by atoms with Crippen molar-refractivity contribution >= 4 is 11.9 Å². The number of rotatable bonds is 17. The van der Waals surface area contributed by atoms with Crippen LogP contribution in [0.2, 0.25) is 0 Å². The fourth-order valence-corrected chi connectivity index (χ4v) is 3.99. The highest BCUT2D eigenvalue weighted by atomic mass is 16.6. The van der Waals surface area contributed by atoms with Crippen LogP contribution in [-0.2, 0) is 38.3 Å². The van der Waals surface area contributed by atoms with Crippen molar-refractivity contribution in [2.24, 2.45) is 0 Å². The van der Waals surface area contributed by atoms with E-state index < -0.39 is 5.97 Å². The number of hydrogen-bond acceptors (Lipinski definition) is 6. The van der Waals surface area contributed by atoms with Crippen LogP contribution in [0.3, 0.4) is 0 Å². The molecule has 0 aliphatic carbocycles. The van der Waals surface area contributed by atoms with Gasteiger partial charge in [0.15, 0.2) is 0 Å². The molecule has 0 aromatic heterocycles. The van der Waals surface area contributed by atoms with E-state index in [1.165, 1.54) is 18.4 Å². The zero-order chi connectivity index (χ0) is 27.9. The van der Waals surface area contributed by atoms with Gasteiger partial charge in [0.2, 0.25) is 0 Å². The highest BCUT2D eigenvalue weighted by Gasteiger charge is 2.13. The predicted octanol–water partition coefficient (Wildman–Crippen LogP) is 6.17. The zero-order valence-electron chi connectivity index (χ0n) is 23.1. The van der Waals surface area contributed by atoms with Crippen molar-refractivity contribution in [1.82, 2.24) is 0 Å². The van der Waals surface area contributed by atoms with E-state index in [0.717, 1.165) is 35.1 Å². The predicted molar refractivity (Wildman–Crippen MR) is 151 cm³/mol. The average Bonchev–Trinajstić information content (AvgIpc) is 2.90. The van der Waals surface area contributed by atoms with Crippen LogP contribution in [-0.4, -0.2) is 43.5 Å². The number of ether oxygens (including phenoxy) is 3. The first kappa shape index (κ1) is 30.8. The highest BCUT2D eigenvalue weighted by Crippen LogP contribution is 2.32. The van der Waals surface area contributed by atoms with Crippen LogP contribution in [0.15, 0.2) is 60.7 Å². The summed E-state index contributed by atoms with van der Waals surface area (Å²) in [4.78, 5) is 23.6. The summed E-state index contributed by atoms with van der Waals surface area (Å²) >= 11 is 0. The van der Waals surface area contributed by atoms with Crippen molar-refractivity contribution in [3.05, 3.63) is 77.4 Å². The van der Waals surface area contributed by atoms with Gasteiger partial charge in [0.05, 0.1) is 6.61 Å². The Labute approximate surface area is 227 Å². The van der Waals surface area contributed by atoms with Crippen LogP contribution in [0.5, 0.6) is 5.75 Å². The molecule has 2 aromatic carbocycles. The van der Waals surface area contributed by atoms with Gasteiger partial charge in [-0.05, 0) is 73.4 Å². The molecular formula is C32H42O6. The molecule has 0 radical (unpaired) electrons. The molecule has 0 fully saturated rings. The van der Waals surface area contributed by atoms with Crippen molar-refractivity contribution in [2.75, 3.05) is 26.4 Å². The van der Waals surface area contributed by atoms with Crippen molar-refractivity contribution in [3.8, 4) is 16.9 Å². The van der Waals surface area contributed by atoms with E-state index in [0.29, 0.717) is 36.2 Å². The molecule has 0 atom stereocenters. The highest BCUT2D eigenvalue weighted by molar-refractivity contribution is 5.87. The van der Waals surface area contributed by atoms with Gasteiger partial charge in [0, 0.05) is 24.2 Å². The first-order chi connectivity index (χ1) is 18.3. The number of aliphatic hydroxyl groups is 1. The van der Waals surface area contributed by atoms with E-state index in [1.807, 2.05) is 12.1 Å². The van der Waals surface area contributed by atoms with E-state index >= 15 is 0 Å². The molecule has 6 heteroatoms. The molecule has 0 bridgehead atoms. The third kappa shape index (κ3) is 10.2. The van der Waals surface area contributed by atoms with Crippen LogP contribution in [0.1, 0.15) is 63.1 Å². The van der Waals surface area contributed by atoms with Crippen LogP contribution >= 0.6 is 0 Å². The van der Waals surface area contributed by atoms with Crippen molar-refractivity contribution < 1.29 is 28.9 Å². The molecule has 0 unspecified atom stereocenters. The summed E-state index contributed by atoms with van der Waals surface area (Å²) in [6.45, 7) is 13.3. The molecule has 38 heavy (non-hydrogen) atoms. The van der Waals surface area contributed by atoms with Crippen molar-refractivity contribution in [1.29, 1.82) is 0 Å². The molecule has 0 aliphatic heterocycles. The Morgan fingerprint density at radius 2 is 1.50 bits per heavy atom. The number of hydrogen-bond donors (Lipinski definition) is 1. The van der Waals surface area contributed by atoms with Crippen LogP contribution in [0, 0.1) is 0 Å². The molecule has 0 spiro atoms. The molecule has 2 aromatic rings. The molecule has 0 saturated heterocycles. The normalized spacial score (nSPS) is 10.6. The second kappa shape index (κ2) is 16.5. The van der Waals surface area contributed by atoms with E-state index in [1.54, 1.807) is 13.8 Å². The van der Waals surface area contributed by atoms with E-state index in [9.17, 15) is 14.7 Å². The minimum atomic E-state index is -0.445. The smallest absolute Gasteiger partial charge is 0.333 e. The number of aryl methyl sites for hydroxylation is 2. The molecular weight excluding hydrogens is 480 g/mol. The third-order valence-corrected chi connectivity index (χ3v) is 6.10. The van der Waals surface area contributed by atoms with Crippen LogP contribution in [0.25, 0.3) is 11.1 Å². The Hall–Kier alpha value is -3.38. The summed E-state index contributed by atoms with van der Waals surface area (Å²) in [6, 6.07) is 12.5. The zero-order valence-corrected chi connectivity index (χ0v) is 23.1. The maximum absolute atomic E-state index is 11.9. The van der Waals surface area contributed by atoms with Gasteiger partial charge in [0.25, 0.3) is 0 Å². The molecule has 0 amide bonds. The van der Waals surface area contributed by atoms with E-state index in [4.69, 9.17) is 14.2 Å². The van der Waals surface area contributed by atoms with Gasteiger partial charge in [-0.1, -0.05) is 63.3 Å². The first-order valence-corrected chi connectivity index (χ1v) is 13.4. The van der Waals surface area contributed by atoms with Gasteiger partial charge in [-0.15, -0.1) is 0 Å². The lowest BCUT2D eigenvalue weighted by Crippen LogP contribution is -2.13. The quantitative estimate of drug-likeness (QED) is 0.152. The fourth-order valence-electron chi connectivity index (χ4n) is 3.99. The summed E-state index contributed by atoms with van der Waals surface area (Å²) in [5.41, 5.74) is 6.08. The molecule has 0 saturated carbocycles. The van der Waals surface area contributed by atoms with Gasteiger partial charge in [-0.25, -0.2) is 9.59 Å². The lowest BCUT2D eigenvalue weighted by Gasteiger charge is -2.16. The van der Waals surface area contributed by atoms with Crippen LogP contribution in [0.4, 0.5) is 0 Å². The number of aliphatic hydroxyl groups excluding tert-OH is 1. The molecule has 2 rings (SSSR count). The molecule has 0 aliphatic rings. The summed E-state index contributed by atoms with van der Waals surface area (Å²) < 4.78 is 16.6. The Morgan fingerprint density at radius 1 is 0.789 bits per heavy atom. The molecule has 206 valence electrons. The first-order valence-electron chi connectivity index (χ1n) is 13.4.